The summed E-state index contributed by atoms with van der Waals surface area (Å²) in [5.41, 5.74) is 3.42. The van der Waals surface area contributed by atoms with E-state index in [1.165, 1.54) is 5.56 Å². The van der Waals surface area contributed by atoms with E-state index in [0.29, 0.717) is 11.4 Å². The maximum atomic E-state index is 12.8. The third-order valence-corrected chi connectivity index (χ3v) is 5.84. The van der Waals surface area contributed by atoms with Gasteiger partial charge in [-0.2, -0.15) is 0 Å². The van der Waals surface area contributed by atoms with E-state index in [1.54, 1.807) is 0 Å². The second-order valence-corrected chi connectivity index (χ2v) is 7.74. The molecule has 0 spiro atoms. The summed E-state index contributed by atoms with van der Waals surface area (Å²) in [5, 5.41) is 6.01. The number of nitrogens with one attached hydrogen (secondary N) is 2. The van der Waals surface area contributed by atoms with E-state index in [2.05, 4.69) is 16.7 Å². The zero-order valence-corrected chi connectivity index (χ0v) is 15.8. The molecule has 5 nitrogen and oxygen atoms in total. The van der Waals surface area contributed by atoms with Gasteiger partial charge in [0.1, 0.15) is 5.54 Å². The van der Waals surface area contributed by atoms with Gasteiger partial charge in [-0.1, -0.05) is 30.3 Å². The Kier molecular flexibility index (Phi) is 4.48. The molecule has 2 aromatic rings. The van der Waals surface area contributed by atoms with Gasteiger partial charge in [-0.05, 0) is 69.1 Å². The quantitative estimate of drug-likeness (QED) is 0.856. The van der Waals surface area contributed by atoms with Crippen molar-refractivity contribution in [3.05, 3.63) is 59.7 Å². The molecule has 0 saturated heterocycles. The Morgan fingerprint density at radius 3 is 2.41 bits per heavy atom. The molecule has 2 aliphatic carbocycles. The van der Waals surface area contributed by atoms with E-state index in [9.17, 15) is 9.59 Å². The van der Waals surface area contributed by atoms with Crippen molar-refractivity contribution >= 4 is 23.2 Å². The van der Waals surface area contributed by atoms with Crippen molar-refractivity contribution in [2.24, 2.45) is 0 Å². The lowest BCUT2D eigenvalue weighted by Crippen LogP contribution is -2.42. The Bertz CT molecular complexity index is 887. The number of likely N-dealkylation sites (N-methyl/N-ethyl adjacent to an activating group) is 1. The van der Waals surface area contributed by atoms with Crippen LogP contribution in [0, 0.1) is 0 Å². The maximum Gasteiger partial charge on any atom is 0.244 e. The first-order chi connectivity index (χ1) is 13.0. The summed E-state index contributed by atoms with van der Waals surface area (Å²) in [6, 6.07) is 15.5. The average molecular weight is 363 g/mol. The third-order valence-electron chi connectivity index (χ3n) is 5.84. The lowest BCUT2D eigenvalue weighted by atomic mass is 10.0. The summed E-state index contributed by atoms with van der Waals surface area (Å²) < 4.78 is 0. The number of anilines is 2. The molecule has 1 atom stereocenters. The van der Waals surface area contributed by atoms with Crippen molar-refractivity contribution in [1.82, 2.24) is 4.90 Å². The largest absolute Gasteiger partial charge is 0.325 e. The minimum atomic E-state index is -0.382. The second-order valence-electron chi connectivity index (χ2n) is 7.74. The van der Waals surface area contributed by atoms with Gasteiger partial charge < -0.3 is 10.6 Å². The molecule has 0 aliphatic heterocycles. The van der Waals surface area contributed by atoms with Crippen molar-refractivity contribution in [2.45, 2.75) is 37.1 Å². The normalized spacial score (nSPS) is 19.4. The van der Waals surface area contributed by atoms with Crippen LogP contribution in [0.15, 0.2) is 48.5 Å². The molecule has 2 N–H and O–H groups in total. The molecular formula is C22H25N3O2. The molecule has 27 heavy (non-hydrogen) atoms. The number of fused-ring (bicyclic) bond motifs is 1. The van der Waals surface area contributed by atoms with Gasteiger partial charge in [-0.25, -0.2) is 0 Å². The number of rotatable bonds is 5. The number of benzene rings is 2. The molecular weight excluding hydrogens is 338 g/mol. The molecule has 4 rings (SSSR count). The summed E-state index contributed by atoms with van der Waals surface area (Å²) in [5.74, 6) is -0.0843. The Balaban J connectivity index is 1.44. The van der Waals surface area contributed by atoms with Gasteiger partial charge in [0.2, 0.25) is 11.8 Å². The van der Waals surface area contributed by atoms with Crippen LogP contribution in [0.5, 0.6) is 0 Å². The SMILES string of the molecule is CN(C)C1(C(=O)Nc2cccc(NC(=O)C3CCc4ccccc43)c2)CC1. The summed E-state index contributed by atoms with van der Waals surface area (Å²) in [6.45, 7) is 0. The van der Waals surface area contributed by atoms with Crippen molar-refractivity contribution in [1.29, 1.82) is 0 Å². The summed E-state index contributed by atoms with van der Waals surface area (Å²) in [6.07, 6.45) is 3.54. The fourth-order valence-corrected chi connectivity index (χ4v) is 3.98. The van der Waals surface area contributed by atoms with Gasteiger partial charge in [-0.3, -0.25) is 14.5 Å². The Morgan fingerprint density at radius 1 is 1.00 bits per heavy atom. The van der Waals surface area contributed by atoms with E-state index in [-0.39, 0.29) is 23.3 Å². The summed E-state index contributed by atoms with van der Waals surface area (Å²) in [7, 11) is 3.87. The fraction of sp³-hybridized carbons (Fsp3) is 0.364. The zero-order valence-electron chi connectivity index (χ0n) is 15.8. The number of hydrogen-bond donors (Lipinski definition) is 2. The van der Waals surface area contributed by atoms with Crippen LogP contribution in [0.1, 0.15) is 36.3 Å². The molecule has 1 unspecified atom stereocenters. The van der Waals surface area contributed by atoms with Crippen LogP contribution >= 0.6 is 0 Å². The average Bonchev–Trinajstić information content (AvgIpc) is 3.36. The number of carbonyl (C=O) groups excluding carboxylic acids is 2. The molecule has 2 aromatic carbocycles. The maximum absolute atomic E-state index is 12.8. The molecule has 0 radical (unpaired) electrons. The molecule has 2 amide bonds. The van der Waals surface area contributed by atoms with E-state index >= 15 is 0 Å². The molecule has 1 saturated carbocycles. The van der Waals surface area contributed by atoms with Crippen LogP contribution < -0.4 is 10.6 Å². The molecule has 0 bridgehead atoms. The molecule has 140 valence electrons. The Hall–Kier alpha value is -2.66. The third kappa shape index (κ3) is 3.35. The standard InChI is InChI=1S/C22H25N3O2/c1-25(2)22(12-13-22)21(27)24-17-8-5-7-16(14-17)23-20(26)19-11-10-15-6-3-4-9-18(15)19/h3-9,14,19H,10-13H2,1-2H3,(H,23,26)(H,24,27). The topological polar surface area (TPSA) is 61.4 Å². The van der Waals surface area contributed by atoms with Crippen molar-refractivity contribution in [3.8, 4) is 0 Å². The van der Waals surface area contributed by atoms with Crippen molar-refractivity contribution < 1.29 is 9.59 Å². The number of carbonyl (C=O) groups is 2. The Labute approximate surface area is 159 Å². The zero-order chi connectivity index (χ0) is 19.0. The van der Waals surface area contributed by atoms with Crippen LogP contribution in [0.4, 0.5) is 11.4 Å². The van der Waals surface area contributed by atoms with Crippen molar-refractivity contribution in [3.63, 3.8) is 0 Å². The molecule has 0 heterocycles. The number of amides is 2. The lowest BCUT2D eigenvalue weighted by molar-refractivity contribution is -0.121. The van der Waals surface area contributed by atoms with Gasteiger partial charge in [0.15, 0.2) is 0 Å². The highest BCUT2D eigenvalue weighted by Crippen LogP contribution is 2.41. The van der Waals surface area contributed by atoms with Gasteiger partial charge in [0.25, 0.3) is 0 Å². The van der Waals surface area contributed by atoms with Gasteiger partial charge in [0, 0.05) is 11.4 Å². The fourth-order valence-electron chi connectivity index (χ4n) is 3.98. The molecule has 0 aromatic heterocycles. The van der Waals surface area contributed by atoms with Gasteiger partial charge in [0.05, 0.1) is 5.92 Å². The number of nitrogens with zero attached hydrogens (tertiary/aromatic N) is 1. The minimum Gasteiger partial charge on any atom is -0.325 e. The lowest BCUT2D eigenvalue weighted by Gasteiger charge is -2.22. The minimum absolute atomic E-state index is 0.00961. The Morgan fingerprint density at radius 2 is 1.70 bits per heavy atom. The predicted molar refractivity (Wildman–Crippen MR) is 107 cm³/mol. The van der Waals surface area contributed by atoms with Crippen LogP contribution in [-0.4, -0.2) is 36.3 Å². The first-order valence-corrected chi connectivity index (χ1v) is 9.47. The highest BCUT2D eigenvalue weighted by Gasteiger charge is 2.51. The summed E-state index contributed by atoms with van der Waals surface area (Å²) in [4.78, 5) is 27.3. The highest BCUT2D eigenvalue weighted by molar-refractivity contribution is 6.01. The number of aryl methyl sites for hydroxylation is 1. The monoisotopic (exact) mass is 363 g/mol. The van der Waals surface area contributed by atoms with E-state index in [4.69, 9.17) is 0 Å². The van der Waals surface area contributed by atoms with E-state index in [0.717, 1.165) is 31.2 Å². The first kappa shape index (κ1) is 17.7. The van der Waals surface area contributed by atoms with Crippen LogP contribution in [0.25, 0.3) is 0 Å². The van der Waals surface area contributed by atoms with Gasteiger partial charge >= 0.3 is 0 Å². The smallest absolute Gasteiger partial charge is 0.244 e. The van der Waals surface area contributed by atoms with Gasteiger partial charge in [-0.15, -0.1) is 0 Å². The molecule has 2 aliphatic rings. The predicted octanol–water partition coefficient (Wildman–Crippen LogP) is 3.39. The number of hydrogen-bond acceptors (Lipinski definition) is 3. The summed E-state index contributed by atoms with van der Waals surface area (Å²) >= 11 is 0. The first-order valence-electron chi connectivity index (χ1n) is 9.47. The van der Waals surface area contributed by atoms with Crippen LogP contribution in [-0.2, 0) is 16.0 Å². The van der Waals surface area contributed by atoms with E-state index < -0.39 is 0 Å². The van der Waals surface area contributed by atoms with Crippen LogP contribution in [0.2, 0.25) is 0 Å². The molecule has 5 heteroatoms. The van der Waals surface area contributed by atoms with Crippen LogP contribution in [0.3, 0.4) is 0 Å². The van der Waals surface area contributed by atoms with E-state index in [1.807, 2.05) is 61.5 Å². The highest BCUT2D eigenvalue weighted by atomic mass is 16.2. The van der Waals surface area contributed by atoms with Crippen molar-refractivity contribution in [2.75, 3.05) is 24.7 Å². The second kappa shape index (κ2) is 6.82. The molecule has 1 fully saturated rings.